The zero-order valence-corrected chi connectivity index (χ0v) is 11.0. The normalized spacial score (nSPS) is 11.0. The average molecular weight is 279 g/mol. The van der Waals surface area contributed by atoms with Crippen LogP contribution in [0.4, 0.5) is 11.5 Å². The van der Waals surface area contributed by atoms with Crippen LogP contribution in [0.1, 0.15) is 0 Å². The molecule has 7 heteroatoms. The van der Waals surface area contributed by atoms with E-state index in [9.17, 15) is 8.42 Å². The second kappa shape index (κ2) is 5.15. The van der Waals surface area contributed by atoms with Crippen molar-refractivity contribution in [1.82, 2.24) is 4.98 Å². The first-order valence-electron chi connectivity index (χ1n) is 5.40. The van der Waals surface area contributed by atoms with Crippen molar-refractivity contribution < 1.29 is 13.2 Å². The van der Waals surface area contributed by atoms with E-state index in [0.29, 0.717) is 5.69 Å². The van der Waals surface area contributed by atoms with Crippen molar-refractivity contribution in [3.05, 3.63) is 42.6 Å². The summed E-state index contributed by atoms with van der Waals surface area (Å²) >= 11 is 0. The van der Waals surface area contributed by atoms with Gasteiger partial charge in [0.05, 0.1) is 7.11 Å². The number of methoxy groups -OCH3 is 1. The lowest BCUT2D eigenvalue weighted by molar-refractivity contribution is 0.403. The molecule has 0 aliphatic heterocycles. The number of hydrogen-bond acceptors (Lipinski definition) is 5. The number of anilines is 2. The van der Waals surface area contributed by atoms with Crippen molar-refractivity contribution in [2.24, 2.45) is 0 Å². The third-order valence-corrected chi connectivity index (χ3v) is 3.78. The summed E-state index contributed by atoms with van der Waals surface area (Å²) in [5, 5.41) is 0. The van der Waals surface area contributed by atoms with Crippen LogP contribution in [0.3, 0.4) is 0 Å². The Balaban J connectivity index is 2.40. The minimum Gasteiger partial charge on any atom is -0.495 e. The Morgan fingerprint density at radius 1 is 1.26 bits per heavy atom. The van der Waals surface area contributed by atoms with Gasteiger partial charge in [0.2, 0.25) is 0 Å². The van der Waals surface area contributed by atoms with Crippen LogP contribution in [-0.4, -0.2) is 20.5 Å². The van der Waals surface area contributed by atoms with Gasteiger partial charge in [-0.15, -0.1) is 0 Å². The van der Waals surface area contributed by atoms with Crippen molar-refractivity contribution in [3.63, 3.8) is 0 Å². The number of nitrogens with one attached hydrogen (secondary N) is 1. The van der Waals surface area contributed by atoms with Gasteiger partial charge in [-0.1, -0.05) is 6.07 Å². The molecule has 1 aromatic carbocycles. The van der Waals surface area contributed by atoms with E-state index >= 15 is 0 Å². The van der Waals surface area contributed by atoms with Crippen molar-refractivity contribution in [2.75, 3.05) is 17.6 Å². The molecule has 0 unspecified atom stereocenters. The molecule has 0 radical (unpaired) electrons. The molecule has 6 nitrogen and oxygen atoms in total. The van der Waals surface area contributed by atoms with Gasteiger partial charge in [0.25, 0.3) is 10.0 Å². The van der Waals surface area contributed by atoms with Gasteiger partial charge in [-0.2, -0.15) is 0 Å². The lowest BCUT2D eigenvalue weighted by Gasteiger charge is -2.11. The average Bonchev–Trinajstić information content (AvgIpc) is 2.38. The highest BCUT2D eigenvalue weighted by Crippen LogP contribution is 2.27. The van der Waals surface area contributed by atoms with E-state index in [4.69, 9.17) is 10.5 Å². The molecule has 1 aromatic heterocycles. The SMILES string of the molecule is COc1cc(N)ccc1S(=O)(=O)Nc1ccccn1. The summed E-state index contributed by atoms with van der Waals surface area (Å²) in [7, 11) is -2.38. The van der Waals surface area contributed by atoms with Crippen LogP contribution in [-0.2, 0) is 10.0 Å². The number of nitrogen functional groups attached to an aromatic ring is 1. The Bertz CT molecular complexity index is 672. The molecule has 0 saturated heterocycles. The summed E-state index contributed by atoms with van der Waals surface area (Å²) in [5.74, 6) is 0.421. The second-order valence-electron chi connectivity index (χ2n) is 3.73. The summed E-state index contributed by atoms with van der Waals surface area (Å²) in [6, 6.07) is 9.27. The number of nitrogens with zero attached hydrogens (tertiary/aromatic N) is 1. The van der Waals surface area contributed by atoms with E-state index in [1.165, 1.54) is 31.5 Å². The third-order valence-electron chi connectivity index (χ3n) is 2.38. The standard InChI is InChI=1S/C12H13N3O3S/c1-18-10-8-9(13)5-6-11(10)19(16,17)15-12-4-2-3-7-14-12/h2-8H,13H2,1H3,(H,14,15). The van der Waals surface area contributed by atoms with E-state index in [1.54, 1.807) is 18.2 Å². The summed E-state index contributed by atoms with van der Waals surface area (Å²) in [6.07, 6.45) is 1.50. The Kier molecular flexibility index (Phi) is 3.57. The summed E-state index contributed by atoms with van der Waals surface area (Å²) in [6.45, 7) is 0. The minimum absolute atomic E-state index is 0.00912. The molecule has 0 saturated carbocycles. The fourth-order valence-corrected chi connectivity index (χ4v) is 2.68. The molecular formula is C12H13N3O3S. The largest absolute Gasteiger partial charge is 0.495 e. The molecule has 0 bridgehead atoms. The van der Waals surface area contributed by atoms with Gasteiger partial charge in [-0.3, -0.25) is 4.72 Å². The van der Waals surface area contributed by atoms with E-state index in [0.717, 1.165) is 0 Å². The zero-order chi connectivity index (χ0) is 13.9. The maximum Gasteiger partial charge on any atom is 0.266 e. The van der Waals surface area contributed by atoms with E-state index < -0.39 is 10.0 Å². The van der Waals surface area contributed by atoms with Gasteiger partial charge in [0.15, 0.2) is 0 Å². The smallest absolute Gasteiger partial charge is 0.266 e. The maximum absolute atomic E-state index is 12.2. The number of benzene rings is 1. The number of nitrogens with two attached hydrogens (primary N) is 1. The van der Waals surface area contributed by atoms with E-state index in [2.05, 4.69) is 9.71 Å². The lowest BCUT2D eigenvalue weighted by Crippen LogP contribution is -2.15. The van der Waals surface area contributed by atoms with Crippen molar-refractivity contribution in [1.29, 1.82) is 0 Å². The number of aromatic nitrogens is 1. The summed E-state index contributed by atoms with van der Waals surface area (Å²) < 4.78 is 31.8. The number of rotatable bonds is 4. The van der Waals surface area contributed by atoms with Gasteiger partial charge in [-0.05, 0) is 24.3 Å². The zero-order valence-electron chi connectivity index (χ0n) is 10.2. The lowest BCUT2D eigenvalue weighted by atomic mass is 10.3. The maximum atomic E-state index is 12.2. The van der Waals surface area contributed by atoms with Gasteiger partial charge in [-0.25, -0.2) is 13.4 Å². The van der Waals surface area contributed by atoms with E-state index in [-0.39, 0.29) is 16.5 Å². The minimum atomic E-state index is -3.77. The number of pyridine rings is 1. The third kappa shape index (κ3) is 2.94. The summed E-state index contributed by atoms with van der Waals surface area (Å²) in [4.78, 5) is 3.92. The molecular weight excluding hydrogens is 266 g/mol. The van der Waals surface area contributed by atoms with Crippen molar-refractivity contribution >= 4 is 21.5 Å². The fourth-order valence-electron chi connectivity index (χ4n) is 1.52. The fraction of sp³-hybridized carbons (Fsp3) is 0.0833. The quantitative estimate of drug-likeness (QED) is 0.826. The van der Waals surface area contributed by atoms with Crippen LogP contribution < -0.4 is 15.2 Å². The van der Waals surface area contributed by atoms with Crippen LogP contribution >= 0.6 is 0 Å². The molecule has 0 aliphatic carbocycles. The highest BCUT2D eigenvalue weighted by atomic mass is 32.2. The van der Waals surface area contributed by atoms with Crippen LogP contribution in [0.2, 0.25) is 0 Å². The molecule has 100 valence electrons. The van der Waals surface area contributed by atoms with Gasteiger partial charge < -0.3 is 10.5 Å². The van der Waals surface area contributed by atoms with Crippen LogP contribution in [0.15, 0.2) is 47.5 Å². The second-order valence-corrected chi connectivity index (χ2v) is 5.38. The summed E-state index contributed by atoms with van der Waals surface area (Å²) in [5.41, 5.74) is 6.02. The molecule has 0 amide bonds. The predicted molar refractivity (Wildman–Crippen MR) is 72.5 cm³/mol. The molecule has 19 heavy (non-hydrogen) atoms. The molecule has 0 atom stereocenters. The van der Waals surface area contributed by atoms with Crippen LogP contribution in [0.5, 0.6) is 5.75 Å². The Morgan fingerprint density at radius 2 is 2.05 bits per heavy atom. The van der Waals surface area contributed by atoms with Crippen molar-refractivity contribution in [3.8, 4) is 5.75 Å². The highest BCUT2D eigenvalue weighted by molar-refractivity contribution is 7.92. The predicted octanol–water partition coefficient (Wildman–Crippen LogP) is 1.47. The van der Waals surface area contributed by atoms with Crippen LogP contribution in [0, 0.1) is 0 Å². The molecule has 0 fully saturated rings. The number of ether oxygens (including phenoxy) is 1. The number of sulfonamides is 1. The number of hydrogen-bond donors (Lipinski definition) is 2. The Morgan fingerprint density at radius 3 is 2.68 bits per heavy atom. The topological polar surface area (TPSA) is 94.3 Å². The first kappa shape index (κ1) is 13.2. The van der Waals surface area contributed by atoms with Crippen LogP contribution in [0.25, 0.3) is 0 Å². The molecule has 1 heterocycles. The Labute approximate surface area is 111 Å². The van der Waals surface area contributed by atoms with Gasteiger partial charge >= 0.3 is 0 Å². The van der Waals surface area contributed by atoms with E-state index in [1.807, 2.05) is 0 Å². The monoisotopic (exact) mass is 279 g/mol. The molecule has 3 N–H and O–H groups in total. The first-order chi connectivity index (χ1) is 9.03. The highest BCUT2D eigenvalue weighted by Gasteiger charge is 2.20. The Hall–Kier alpha value is -2.28. The van der Waals surface area contributed by atoms with Gasteiger partial charge in [0, 0.05) is 18.0 Å². The van der Waals surface area contributed by atoms with Gasteiger partial charge in [0.1, 0.15) is 16.5 Å². The molecule has 0 aliphatic rings. The molecule has 2 aromatic rings. The molecule has 0 spiro atoms. The molecule has 2 rings (SSSR count). The van der Waals surface area contributed by atoms with Crippen molar-refractivity contribution in [2.45, 2.75) is 4.90 Å². The first-order valence-corrected chi connectivity index (χ1v) is 6.88.